The fourth-order valence-electron chi connectivity index (χ4n) is 3.53. The van der Waals surface area contributed by atoms with Gasteiger partial charge in [-0.15, -0.1) is 0 Å². The zero-order valence-corrected chi connectivity index (χ0v) is 16.8. The van der Waals surface area contributed by atoms with Crippen LogP contribution in [0.3, 0.4) is 0 Å². The van der Waals surface area contributed by atoms with Gasteiger partial charge < -0.3 is 15.4 Å². The van der Waals surface area contributed by atoms with Crippen molar-refractivity contribution in [3.8, 4) is 0 Å². The zero-order valence-electron chi connectivity index (χ0n) is 15.2. The first-order valence-electron chi connectivity index (χ1n) is 9.00. The Kier molecular flexibility index (Phi) is 5.85. The van der Waals surface area contributed by atoms with E-state index < -0.39 is 11.5 Å². The van der Waals surface area contributed by atoms with E-state index in [2.05, 4.69) is 15.9 Å². The lowest BCUT2D eigenvalue weighted by atomic mass is 9.84. The zero-order chi connectivity index (χ0) is 19.4. The molecule has 27 heavy (non-hydrogen) atoms. The maximum atomic E-state index is 12.9. The highest BCUT2D eigenvalue weighted by atomic mass is 79.9. The van der Waals surface area contributed by atoms with Crippen molar-refractivity contribution in [1.29, 1.82) is 0 Å². The van der Waals surface area contributed by atoms with Gasteiger partial charge in [-0.05, 0) is 30.2 Å². The van der Waals surface area contributed by atoms with E-state index in [-0.39, 0.29) is 18.6 Å². The molecule has 1 saturated heterocycles. The Balaban J connectivity index is 1.82. The number of cyclic esters (lactones) is 1. The van der Waals surface area contributed by atoms with Crippen LogP contribution in [0.25, 0.3) is 0 Å². The number of halogens is 1. The van der Waals surface area contributed by atoms with Crippen LogP contribution in [0.2, 0.25) is 0 Å². The van der Waals surface area contributed by atoms with Crippen LogP contribution < -0.4 is 5.73 Å². The molecule has 0 saturated carbocycles. The number of carbonyl (C=O) groups excluding carboxylic acids is 2. The number of benzene rings is 2. The molecular weight excluding hydrogens is 408 g/mol. The van der Waals surface area contributed by atoms with Crippen LogP contribution >= 0.6 is 15.9 Å². The Morgan fingerprint density at radius 1 is 1.22 bits per heavy atom. The number of nitrogens with zero attached hydrogens (tertiary/aromatic N) is 1. The summed E-state index contributed by atoms with van der Waals surface area (Å²) in [5.41, 5.74) is 6.47. The lowest BCUT2D eigenvalue weighted by molar-refractivity contribution is -0.121. The van der Waals surface area contributed by atoms with Crippen LogP contribution in [0, 0.1) is 0 Å². The normalized spacial score (nSPS) is 20.8. The summed E-state index contributed by atoms with van der Waals surface area (Å²) in [4.78, 5) is 26.0. The number of hydrogen-bond donors (Lipinski definition) is 1. The molecule has 1 aliphatic heterocycles. The molecule has 3 rings (SSSR count). The Morgan fingerprint density at radius 3 is 2.48 bits per heavy atom. The van der Waals surface area contributed by atoms with Crippen LogP contribution in [0.15, 0.2) is 59.1 Å². The summed E-state index contributed by atoms with van der Waals surface area (Å²) in [5, 5.41) is 0. The predicted molar refractivity (Wildman–Crippen MR) is 107 cm³/mol. The molecular formula is C21H23BrN2O3. The fourth-order valence-corrected chi connectivity index (χ4v) is 3.80. The lowest BCUT2D eigenvalue weighted by Crippen LogP contribution is -2.49. The quantitative estimate of drug-likeness (QED) is 0.732. The van der Waals surface area contributed by atoms with Gasteiger partial charge in [0, 0.05) is 30.3 Å². The Bertz CT molecular complexity index is 810. The van der Waals surface area contributed by atoms with Crippen molar-refractivity contribution in [2.24, 2.45) is 5.73 Å². The van der Waals surface area contributed by atoms with Gasteiger partial charge in [0.25, 0.3) is 0 Å². The summed E-state index contributed by atoms with van der Waals surface area (Å²) >= 11 is 3.43. The monoisotopic (exact) mass is 430 g/mol. The van der Waals surface area contributed by atoms with Crippen LogP contribution in [0.5, 0.6) is 0 Å². The minimum absolute atomic E-state index is 0.101. The molecule has 0 bridgehead atoms. The van der Waals surface area contributed by atoms with Gasteiger partial charge in [-0.1, -0.05) is 58.4 Å². The number of hydrogen-bond acceptors (Lipinski definition) is 3. The molecule has 0 spiro atoms. The third-order valence-corrected chi connectivity index (χ3v) is 5.70. The van der Waals surface area contributed by atoms with Crippen molar-refractivity contribution >= 4 is 27.9 Å². The Labute approximate surface area is 167 Å². The Hall–Kier alpha value is -2.34. The highest BCUT2D eigenvalue weighted by Gasteiger charge is 2.43. The molecule has 1 fully saturated rings. The highest BCUT2D eigenvalue weighted by molar-refractivity contribution is 9.10. The number of amides is 2. The van der Waals surface area contributed by atoms with E-state index in [1.165, 1.54) is 0 Å². The van der Waals surface area contributed by atoms with E-state index in [4.69, 9.17) is 10.5 Å². The van der Waals surface area contributed by atoms with E-state index in [1.54, 1.807) is 4.90 Å². The van der Waals surface area contributed by atoms with Crippen molar-refractivity contribution in [2.45, 2.75) is 37.8 Å². The molecule has 142 valence electrons. The molecule has 0 radical (unpaired) electrons. The summed E-state index contributed by atoms with van der Waals surface area (Å²) in [6.45, 7) is 2.53. The van der Waals surface area contributed by atoms with Crippen molar-refractivity contribution in [1.82, 2.24) is 4.90 Å². The van der Waals surface area contributed by atoms with Gasteiger partial charge >= 0.3 is 6.09 Å². The molecule has 0 aromatic heterocycles. The SMILES string of the molecule is C[C@@H](c1ccc(Br)cc1)N1CC[C@@](CCC(N)=O)(c2ccccc2)OC1=O. The topological polar surface area (TPSA) is 72.6 Å². The van der Waals surface area contributed by atoms with E-state index >= 15 is 0 Å². The van der Waals surface area contributed by atoms with E-state index in [0.717, 1.165) is 15.6 Å². The average molecular weight is 431 g/mol. The van der Waals surface area contributed by atoms with Crippen molar-refractivity contribution in [2.75, 3.05) is 6.54 Å². The Morgan fingerprint density at radius 2 is 1.89 bits per heavy atom. The third-order valence-electron chi connectivity index (χ3n) is 5.17. The maximum absolute atomic E-state index is 12.9. The first kappa shape index (κ1) is 19.4. The summed E-state index contributed by atoms with van der Waals surface area (Å²) < 4.78 is 6.95. The molecule has 2 atom stereocenters. The second-order valence-electron chi connectivity index (χ2n) is 6.87. The minimum atomic E-state index is -0.816. The predicted octanol–water partition coefficient (Wildman–Crippen LogP) is 4.51. The second kappa shape index (κ2) is 8.13. The summed E-state index contributed by atoms with van der Waals surface area (Å²) in [7, 11) is 0. The van der Waals surface area contributed by atoms with Crippen LogP contribution in [0.4, 0.5) is 4.79 Å². The third kappa shape index (κ3) is 4.33. The molecule has 5 nitrogen and oxygen atoms in total. The molecule has 2 amide bonds. The smallest absolute Gasteiger partial charge is 0.411 e. The van der Waals surface area contributed by atoms with E-state index in [9.17, 15) is 9.59 Å². The molecule has 2 N–H and O–H groups in total. The van der Waals surface area contributed by atoms with Crippen LogP contribution in [-0.4, -0.2) is 23.4 Å². The van der Waals surface area contributed by atoms with Crippen molar-refractivity contribution in [3.05, 3.63) is 70.2 Å². The molecule has 6 heteroatoms. The number of rotatable bonds is 6. The number of nitrogens with two attached hydrogens (primary N) is 1. The highest BCUT2D eigenvalue weighted by Crippen LogP contribution is 2.40. The van der Waals surface area contributed by atoms with Crippen molar-refractivity contribution in [3.63, 3.8) is 0 Å². The van der Waals surface area contributed by atoms with E-state index in [1.807, 2.05) is 61.5 Å². The molecule has 0 unspecified atom stereocenters. The molecule has 0 aliphatic carbocycles. The minimum Gasteiger partial charge on any atom is -0.438 e. The second-order valence-corrected chi connectivity index (χ2v) is 7.78. The van der Waals surface area contributed by atoms with Gasteiger partial charge in [-0.25, -0.2) is 4.79 Å². The van der Waals surface area contributed by atoms with Crippen molar-refractivity contribution < 1.29 is 14.3 Å². The number of primary amides is 1. The standard InChI is InChI=1S/C21H23BrN2O3/c1-15(16-7-9-18(22)10-8-16)24-14-13-21(27-20(24)26,12-11-19(23)25)17-5-3-2-4-6-17/h2-10,15H,11-14H2,1H3,(H2,23,25)/t15-,21-/m0/s1. The van der Waals surface area contributed by atoms with E-state index in [0.29, 0.717) is 19.4 Å². The van der Waals surface area contributed by atoms with Gasteiger partial charge in [0.2, 0.25) is 5.91 Å². The molecule has 1 aliphatic rings. The van der Waals surface area contributed by atoms with Gasteiger partial charge in [0.15, 0.2) is 0 Å². The van der Waals surface area contributed by atoms with Crippen LogP contribution in [0.1, 0.15) is 43.4 Å². The lowest BCUT2D eigenvalue weighted by Gasteiger charge is -2.43. The first-order valence-corrected chi connectivity index (χ1v) is 9.79. The largest absolute Gasteiger partial charge is 0.438 e. The fraction of sp³-hybridized carbons (Fsp3) is 0.333. The molecule has 2 aromatic rings. The van der Waals surface area contributed by atoms with Gasteiger partial charge in [-0.2, -0.15) is 0 Å². The number of ether oxygens (including phenoxy) is 1. The summed E-state index contributed by atoms with van der Waals surface area (Å²) in [5.74, 6) is -0.396. The summed E-state index contributed by atoms with van der Waals surface area (Å²) in [6.07, 6.45) is 0.796. The molecule has 1 heterocycles. The number of carbonyl (C=O) groups is 2. The molecule has 2 aromatic carbocycles. The first-order chi connectivity index (χ1) is 12.9. The van der Waals surface area contributed by atoms with Gasteiger partial charge in [0.1, 0.15) is 5.60 Å². The summed E-state index contributed by atoms with van der Waals surface area (Å²) in [6, 6.07) is 17.4. The van der Waals surface area contributed by atoms with Crippen LogP contribution in [-0.2, 0) is 15.1 Å². The van der Waals surface area contributed by atoms with Gasteiger partial charge in [0.05, 0.1) is 6.04 Å². The average Bonchev–Trinajstić information content (AvgIpc) is 2.67. The maximum Gasteiger partial charge on any atom is 0.411 e. The van der Waals surface area contributed by atoms with Gasteiger partial charge in [-0.3, -0.25) is 4.79 Å².